The number of hydrogen-bond donors (Lipinski definition) is 1. The number of carbonyl (C=O) groups excluding carboxylic acids is 2. The van der Waals surface area contributed by atoms with Crippen molar-refractivity contribution in [2.24, 2.45) is 5.41 Å². The second kappa shape index (κ2) is 5.45. The maximum atomic E-state index is 12.4. The molecule has 4 nitrogen and oxygen atoms in total. The Hall–Kier alpha value is -1.94. The van der Waals surface area contributed by atoms with Crippen LogP contribution in [0.1, 0.15) is 32.3 Å². The number of benzene rings is 1. The smallest absolute Gasteiger partial charge is 0.347 e. The molecule has 1 N–H and O–H groups in total. The second-order valence-corrected chi connectivity index (χ2v) is 6.15. The van der Waals surface area contributed by atoms with Crippen LogP contribution in [0.25, 0.3) is 0 Å². The molecule has 0 aromatic heterocycles. The Balaban J connectivity index is 2.55. The lowest BCUT2D eigenvalue weighted by atomic mass is 9.72. The monoisotopic (exact) mass is 288 g/mol. The third-order valence-electron chi connectivity index (χ3n) is 3.86. The number of methoxy groups -OCH3 is 1. The summed E-state index contributed by atoms with van der Waals surface area (Å²) >= 11 is 0. The van der Waals surface area contributed by atoms with Gasteiger partial charge in [-0.15, -0.1) is 0 Å². The number of esters is 1. The molecule has 21 heavy (non-hydrogen) atoms. The van der Waals surface area contributed by atoms with Crippen molar-refractivity contribution in [2.75, 3.05) is 7.11 Å². The number of aliphatic hydroxyl groups is 1. The standard InChI is InChI=1S/C17H20O4/c1-16(2)10-9-13(14(18)11-16)17(20,15(19)21-3)12-7-5-4-6-8-12/h4-9,20H,10-11H2,1-3H3. The fraction of sp³-hybridized carbons (Fsp3) is 0.412. The zero-order valence-corrected chi connectivity index (χ0v) is 12.6. The molecule has 0 radical (unpaired) electrons. The molecule has 1 aliphatic carbocycles. The number of ketones is 1. The van der Waals surface area contributed by atoms with Crippen molar-refractivity contribution in [2.45, 2.75) is 32.3 Å². The third-order valence-corrected chi connectivity index (χ3v) is 3.86. The van der Waals surface area contributed by atoms with Gasteiger partial charge in [0.05, 0.1) is 7.11 Å². The highest BCUT2D eigenvalue weighted by Crippen LogP contribution is 2.40. The van der Waals surface area contributed by atoms with Gasteiger partial charge in [0.1, 0.15) is 0 Å². The summed E-state index contributed by atoms with van der Waals surface area (Å²) in [5.41, 5.74) is -1.74. The molecule has 0 heterocycles. The molecule has 0 bridgehead atoms. The fourth-order valence-electron chi connectivity index (χ4n) is 2.65. The minimum absolute atomic E-state index is 0.111. The molecule has 112 valence electrons. The van der Waals surface area contributed by atoms with Gasteiger partial charge in [0.2, 0.25) is 5.60 Å². The Kier molecular flexibility index (Phi) is 4.01. The first-order valence-corrected chi connectivity index (χ1v) is 6.91. The summed E-state index contributed by atoms with van der Waals surface area (Å²) in [4.78, 5) is 24.6. The molecule has 0 fully saturated rings. The van der Waals surface area contributed by atoms with Gasteiger partial charge in [-0.05, 0) is 17.4 Å². The summed E-state index contributed by atoms with van der Waals surface area (Å²) in [5.74, 6) is -1.06. The summed E-state index contributed by atoms with van der Waals surface area (Å²) in [6, 6.07) is 8.43. The van der Waals surface area contributed by atoms with Crippen LogP contribution in [0.3, 0.4) is 0 Å². The van der Waals surface area contributed by atoms with Gasteiger partial charge in [0.25, 0.3) is 0 Å². The van der Waals surface area contributed by atoms with Crippen LogP contribution in [0.4, 0.5) is 0 Å². The van der Waals surface area contributed by atoms with E-state index >= 15 is 0 Å². The summed E-state index contributed by atoms with van der Waals surface area (Å²) in [6.45, 7) is 3.97. The van der Waals surface area contributed by atoms with E-state index in [9.17, 15) is 14.7 Å². The Morgan fingerprint density at radius 1 is 1.29 bits per heavy atom. The molecule has 0 saturated heterocycles. The summed E-state index contributed by atoms with van der Waals surface area (Å²) in [6.07, 6.45) is 2.58. The van der Waals surface area contributed by atoms with E-state index in [0.717, 1.165) is 0 Å². The molecule has 1 aliphatic rings. The van der Waals surface area contributed by atoms with Gasteiger partial charge in [-0.25, -0.2) is 4.79 Å². The van der Waals surface area contributed by atoms with Gasteiger partial charge >= 0.3 is 5.97 Å². The van der Waals surface area contributed by atoms with E-state index in [1.54, 1.807) is 36.4 Å². The molecular weight excluding hydrogens is 268 g/mol. The van der Waals surface area contributed by atoms with Crippen molar-refractivity contribution in [1.82, 2.24) is 0 Å². The van der Waals surface area contributed by atoms with Crippen molar-refractivity contribution in [3.05, 3.63) is 47.5 Å². The van der Waals surface area contributed by atoms with Crippen LogP contribution in [-0.2, 0) is 19.9 Å². The molecule has 1 unspecified atom stereocenters. The van der Waals surface area contributed by atoms with Crippen molar-refractivity contribution >= 4 is 11.8 Å². The normalized spacial score (nSPS) is 20.4. The lowest BCUT2D eigenvalue weighted by Gasteiger charge is -2.34. The molecule has 0 spiro atoms. The summed E-state index contributed by atoms with van der Waals surface area (Å²) in [7, 11) is 1.20. The molecule has 0 saturated carbocycles. The van der Waals surface area contributed by atoms with E-state index in [0.29, 0.717) is 18.4 Å². The van der Waals surface area contributed by atoms with Crippen LogP contribution in [0, 0.1) is 5.41 Å². The highest BCUT2D eigenvalue weighted by atomic mass is 16.5. The van der Waals surface area contributed by atoms with Crippen LogP contribution in [-0.4, -0.2) is 24.0 Å². The van der Waals surface area contributed by atoms with Crippen LogP contribution < -0.4 is 0 Å². The van der Waals surface area contributed by atoms with Gasteiger partial charge in [0, 0.05) is 12.0 Å². The first-order valence-electron chi connectivity index (χ1n) is 6.91. The van der Waals surface area contributed by atoms with Crippen molar-refractivity contribution in [3.63, 3.8) is 0 Å². The molecule has 2 rings (SSSR count). The second-order valence-electron chi connectivity index (χ2n) is 6.15. The third kappa shape index (κ3) is 2.76. The number of rotatable bonds is 3. The van der Waals surface area contributed by atoms with Gasteiger partial charge in [-0.1, -0.05) is 50.3 Å². The van der Waals surface area contributed by atoms with Crippen LogP contribution >= 0.6 is 0 Å². The van der Waals surface area contributed by atoms with E-state index in [2.05, 4.69) is 0 Å². The predicted octanol–water partition coefficient (Wildman–Crippen LogP) is 2.36. The lowest BCUT2D eigenvalue weighted by Crippen LogP contribution is -2.43. The van der Waals surface area contributed by atoms with Crippen molar-refractivity contribution in [1.29, 1.82) is 0 Å². The molecule has 1 aromatic rings. The highest BCUT2D eigenvalue weighted by molar-refractivity contribution is 6.05. The van der Waals surface area contributed by atoms with E-state index in [1.165, 1.54) is 7.11 Å². The maximum absolute atomic E-state index is 12.4. The van der Waals surface area contributed by atoms with Crippen LogP contribution in [0.5, 0.6) is 0 Å². The number of hydrogen-bond acceptors (Lipinski definition) is 4. The minimum Gasteiger partial charge on any atom is -0.466 e. The Bertz CT molecular complexity index is 586. The van der Waals surface area contributed by atoms with Crippen LogP contribution in [0.15, 0.2) is 42.0 Å². The predicted molar refractivity (Wildman–Crippen MR) is 78.5 cm³/mol. The van der Waals surface area contributed by atoms with E-state index in [4.69, 9.17) is 4.74 Å². The number of carbonyl (C=O) groups is 2. The molecule has 4 heteroatoms. The molecular formula is C17H20O4. The molecule has 0 amide bonds. The Labute approximate surface area is 124 Å². The highest BCUT2D eigenvalue weighted by Gasteiger charge is 2.47. The fourth-order valence-corrected chi connectivity index (χ4v) is 2.65. The van der Waals surface area contributed by atoms with Crippen molar-refractivity contribution in [3.8, 4) is 0 Å². The van der Waals surface area contributed by atoms with Gasteiger partial charge < -0.3 is 9.84 Å². The largest absolute Gasteiger partial charge is 0.466 e. The molecule has 1 atom stereocenters. The Morgan fingerprint density at radius 3 is 2.43 bits per heavy atom. The maximum Gasteiger partial charge on any atom is 0.347 e. The van der Waals surface area contributed by atoms with E-state index in [-0.39, 0.29) is 16.8 Å². The topological polar surface area (TPSA) is 63.6 Å². The molecule has 1 aromatic carbocycles. The van der Waals surface area contributed by atoms with E-state index in [1.807, 2.05) is 13.8 Å². The first-order chi connectivity index (χ1) is 9.81. The zero-order chi connectivity index (χ0) is 15.7. The van der Waals surface area contributed by atoms with Crippen molar-refractivity contribution < 1.29 is 19.4 Å². The average molecular weight is 288 g/mol. The minimum atomic E-state index is -2.04. The van der Waals surface area contributed by atoms with E-state index < -0.39 is 11.6 Å². The lowest BCUT2D eigenvalue weighted by molar-refractivity contribution is -0.160. The van der Waals surface area contributed by atoms with Gasteiger partial charge in [-0.3, -0.25) is 4.79 Å². The van der Waals surface area contributed by atoms with Gasteiger partial charge in [0.15, 0.2) is 5.78 Å². The summed E-state index contributed by atoms with van der Waals surface area (Å²) in [5, 5.41) is 11.0. The first kappa shape index (κ1) is 15.4. The number of Topliss-reactive ketones (excluding diaryl/α,β-unsaturated/α-hetero) is 1. The Morgan fingerprint density at radius 2 is 1.90 bits per heavy atom. The average Bonchev–Trinajstić information content (AvgIpc) is 2.45. The number of ether oxygens (including phenoxy) is 1. The van der Waals surface area contributed by atoms with Gasteiger partial charge in [-0.2, -0.15) is 0 Å². The quantitative estimate of drug-likeness (QED) is 0.867. The van der Waals surface area contributed by atoms with Crippen LogP contribution in [0.2, 0.25) is 0 Å². The summed E-state index contributed by atoms with van der Waals surface area (Å²) < 4.78 is 4.74. The zero-order valence-electron chi connectivity index (χ0n) is 12.6. The molecule has 0 aliphatic heterocycles. The number of allylic oxidation sites excluding steroid dienone is 1. The SMILES string of the molecule is COC(=O)C(O)(C1=CCC(C)(C)CC1=O)c1ccccc1.